The molecule has 0 bridgehead atoms. The molecule has 40 heavy (non-hydrogen) atoms. The van der Waals surface area contributed by atoms with Gasteiger partial charge < -0.3 is 9.13 Å². The molecule has 6 heterocycles. The Labute approximate surface area is 230 Å². The molecule has 0 unspecified atom stereocenters. The van der Waals surface area contributed by atoms with Gasteiger partial charge in [0.1, 0.15) is 0 Å². The van der Waals surface area contributed by atoms with E-state index in [1.807, 2.05) is 49.3 Å². The second kappa shape index (κ2) is 8.58. The smallest absolute Gasteiger partial charge is 0.0887 e. The second-order valence-electron chi connectivity index (χ2n) is 10.3. The van der Waals surface area contributed by atoms with Crippen LogP contribution in [0.2, 0.25) is 0 Å². The summed E-state index contributed by atoms with van der Waals surface area (Å²) in [4.78, 5) is 18.4. The van der Waals surface area contributed by atoms with E-state index < -0.39 is 0 Å². The van der Waals surface area contributed by atoms with Crippen molar-refractivity contribution in [2.24, 2.45) is 0 Å². The van der Waals surface area contributed by atoms with E-state index in [2.05, 4.69) is 93.6 Å². The third-order valence-electron chi connectivity index (χ3n) is 7.72. The van der Waals surface area contributed by atoms with Crippen molar-refractivity contribution in [2.45, 2.75) is 13.8 Å². The van der Waals surface area contributed by atoms with Crippen molar-refractivity contribution in [3.8, 4) is 22.8 Å². The van der Waals surface area contributed by atoms with E-state index in [9.17, 15) is 0 Å². The first-order valence-electron chi connectivity index (χ1n) is 13.3. The molecule has 8 aromatic rings. The third-order valence-corrected chi connectivity index (χ3v) is 7.72. The SMILES string of the molecule is Cc1ccc2c(c1)c1cnccc1n2-c1ccc(-c2ccc(-n3c4ccncc4c4cc(C)ccc43)cn2)nc1. The van der Waals surface area contributed by atoms with Gasteiger partial charge in [-0.3, -0.25) is 19.9 Å². The molecule has 0 aliphatic carbocycles. The topological polar surface area (TPSA) is 61.4 Å². The molecule has 0 atom stereocenters. The van der Waals surface area contributed by atoms with E-state index in [-0.39, 0.29) is 0 Å². The lowest BCUT2D eigenvalue weighted by molar-refractivity contribution is 1.12. The normalized spacial score (nSPS) is 11.8. The Morgan fingerprint density at radius 2 is 0.900 bits per heavy atom. The summed E-state index contributed by atoms with van der Waals surface area (Å²) in [6, 6.07) is 25.5. The van der Waals surface area contributed by atoms with E-state index in [4.69, 9.17) is 9.97 Å². The molecular formula is C34H24N6. The fraction of sp³-hybridized carbons (Fsp3) is 0.0588. The lowest BCUT2D eigenvalue weighted by Gasteiger charge is -2.10. The molecule has 0 aliphatic rings. The van der Waals surface area contributed by atoms with Crippen LogP contribution in [-0.2, 0) is 0 Å². The van der Waals surface area contributed by atoms with Crippen LogP contribution in [0.3, 0.4) is 0 Å². The first kappa shape index (κ1) is 22.6. The molecule has 6 aromatic heterocycles. The number of hydrogen-bond donors (Lipinski definition) is 0. The highest BCUT2D eigenvalue weighted by Crippen LogP contribution is 2.34. The summed E-state index contributed by atoms with van der Waals surface area (Å²) < 4.78 is 4.50. The summed E-state index contributed by atoms with van der Waals surface area (Å²) in [6.07, 6.45) is 11.4. The first-order valence-corrected chi connectivity index (χ1v) is 13.3. The van der Waals surface area contributed by atoms with Gasteiger partial charge in [-0.1, -0.05) is 23.3 Å². The Hall–Kier alpha value is -5.36. The average molecular weight is 517 g/mol. The van der Waals surface area contributed by atoms with Crippen LogP contribution in [0.15, 0.2) is 110 Å². The van der Waals surface area contributed by atoms with Gasteiger partial charge in [-0.15, -0.1) is 0 Å². The monoisotopic (exact) mass is 516 g/mol. The summed E-state index contributed by atoms with van der Waals surface area (Å²) >= 11 is 0. The van der Waals surface area contributed by atoms with Crippen molar-refractivity contribution in [1.29, 1.82) is 0 Å². The van der Waals surface area contributed by atoms with Crippen molar-refractivity contribution < 1.29 is 0 Å². The molecule has 0 spiro atoms. The molecule has 2 aromatic carbocycles. The predicted molar refractivity (Wildman–Crippen MR) is 161 cm³/mol. The summed E-state index contributed by atoms with van der Waals surface area (Å²) in [5, 5.41) is 4.66. The lowest BCUT2D eigenvalue weighted by Crippen LogP contribution is -1.98. The number of pyridine rings is 4. The van der Waals surface area contributed by atoms with Crippen molar-refractivity contribution in [3.63, 3.8) is 0 Å². The molecule has 0 amide bonds. The Bertz CT molecular complexity index is 2060. The van der Waals surface area contributed by atoms with Gasteiger partial charge in [-0.05, 0) is 74.5 Å². The van der Waals surface area contributed by atoms with Gasteiger partial charge in [-0.2, -0.15) is 0 Å². The fourth-order valence-electron chi connectivity index (χ4n) is 5.86. The zero-order valence-corrected chi connectivity index (χ0v) is 22.1. The van der Waals surface area contributed by atoms with Crippen LogP contribution in [-0.4, -0.2) is 29.1 Å². The van der Waals surface area contributed by atoms with Crippen LogP contribution in [0.1, 0.15) is 11.1 Å². The Morgan fingerprint density at radius 1 is 0.450 bits per heavy atom. The Balaban J connectivity index is 1.19. The van der Waals surface area contributed by atoms with E-state index in [0.717, 1.165) is 55.6 Å². The predicted octanol–water partition coefficient (Wildman–Crippen LogP) is 7.74. The Morgan fingerprint density at radius 3 is 1.32 bits per heavy atom. The van der Waals surface area contributed by atoms with Gasteiger partial charge >= 0.3 is 0 Å². The number of nitrogens with zero attached hydrogens (tertiary/aromatic N) is 6. The maximum atomic E-state index is 4.82. The van der Waals surface area contributed by atoms with Crippen LogP contribution in [0, 0.1) is 13.8 Å². The Kier molecular flexibility index (Phi) is 4.85. The molecule has 0 aliphatic heterocycles. The van der Waals surface area contributed by atoms with Crippen molar-refractivity contribution in [3.05, 3.63) is 121 Å². The molecule has 0 radical (unpaired) electrons. The quantitative estimate of drug-likeness (QED) is 0.241. The minimum absolute atomic E-state index is 0.829. The van der Waals surface area contributed by atoms with E-state index >= 15 is 0 Å². The molecule has 6 heteroatoms. The number of hydrogen-bond acceptors (Lipinski definition) is 4. The summed E-state index contributed by atoms with van der Waals surface area (Å²) in [5.41, 5.74) is 10.6. The fourth-order valence-corrected chi connectivity index (χ4v) is 5.86. The van der Waals surface area contributed by atoms with E-state index in [0.29, 0.717) is 0 Å². The van der Waals surface area contributed by atoms with Crippen molar-refractivity contribution in [1.82, 2.24) is 29.1 Å². The summed E-state index contributed by atoms with van der Waals surface area (Å²) in [5.74, 6) is 0. The highest BCUT2D eigenvalue weighted by molar-refractivity contribution is 6.10. The maximum absolute atomic E-state index is 4.82. The zero-order chi connectivity index (χ0) is 26.8. The average Bonchev–Trinajstić information content (AvgIpc) is 3.50. The number of benzene rings is 2. The molecular weight excluding hydrogens is 492 g/mol. The first-order chi connectivity index (χ1) is 19.7. The largest absolute Gasteiger partial charge is 0.308 e. The number of aryl methyl sites for hydroxylation is 2. The molecule has 6 nitrogen and oxygen atoms in total. The van der Waals surface area contributed by atoms with Gasteiger partial charge in [0, 0.05) is 46.3 Å². The van der Waals surface area contributed by atoms with E-state index in [1.165, 1.54) is 21.9 Å². The molecule has 0 saturated carbocycles. The van der Waals surface area contributed by atoms with E-state index in [1.54, 1.807) is 0 Å². The highest BCUT2D eigenvalue weighted by Gasteiger charge is 2.15. The third kappa shape index (κ3) is 3.36. The summed E-state index contributed by atoms with van der Waals surface area (Å²) in [7, 11) is 0. The number of aromatic nitrogens is 6. The van der Waals surface area contributed by atoms with Crippen LogP contribution in [0.4, 0.5) is 0 Å². The highest BCUT2D eigenvalue weighted by atomic mass is 15.0. The standard InChI is InChI=1S/C34H24N6/c1-21-3-9-31-25(15-21)27-19-35-13-11-33(27)39(31)23-5-7-29(37-17-23)30-8-6-24(18-38-30)40-32-10-4-22(2)16-26(32)28-20-36-14-12-34(28)40/h3-20H,1-2H3. The van der Waals surface area contributed by atoms with Crippen LogP contribution >= 0.6 is 0 Å². The van der Waals surface area contributed by atoms with Gasteiger partial charge in [0.25, 0.3) is 0 Å². The minimum atomic E-state index is 0.829. The molecule has 8 rings (SSSR count). The lowest BCUT2D eigenvalue weighted by atomic mass is 10.1. The molecule has 0 fully saturated rings. The van der Waals surface area contributed by atoms with Crippen molar-refractivity contribution >= 4 is 43.6 Å². The van der Waals surface area contributed by atoms with Crippen LogP contribution in [0.25, 0.3) is 66.4 Å². The van der Waals surface area contributed by atoms with Gasteiger partial charge in [0.15, 0.2) is 0 Å². The van der Waals surface area contributed by atoms with Gasteiger partial charge in [0.2, 0.25) is 0 Å². The second-order valence-corrected chi connectivity index (χ2v) is 10.3. The van der Waals surface area contributed by atoms with Crippen molar-refractivity contribution in [2.75, 3.05) is 0 Å². The van der Waals surface area contributed by atoms with Gasteiger partial charge in [0.05, 0.1) is 57.2 Å². The zero-order valence-electron chi connectivity index (χ0n) is 22.1. The van der Waals surface area contributed by atoms with Crippen LogP contribution in [0.5, 0.6) is 0 Å². The van der Waals surface area contributed by atoms with Gasteiger partial charge in [-0.25, -0.2) is 0 Å². The molecule has 190 valence electrons. The minimum Gasteiger partial charge on any atom is -0.308 e. The summed E-state index contributed by atoms with van der Waals surface area (Å²) in [6.45, 7) is 4.24. The van der Waals surface area contributed by atoms with Crippen LogP contribution < -0.4 is 0 Å². The maximum Gasteiger partial charge on any atom is 0.0887 e. The molecule has 0 N–H and O–H groups in total. The molecule has 0 saturated heterocycles. The number of fused-ring (bicyclic) bond motifs is 6. The number of rotatable bonds is 3.